The Labute approximate surface area is 96.1 Å². The molecule has 0 aliphatic carbocycles. The zero-order valence-electron chi connectivity index (χ0n) is 10.3. The van der Waals surface area contributed by atoms with Crippen molar-refractivity contribution in [3.63, 3.8) is 0 Å². The number of carbonyl (C=O) groups excluding carboxylic acids is 2. The number of rotatable bonds is 4. The van der Waals surface area contributed by atoms with Gasteiger partial charge in [-0.25, -0.2) is 9.59 Å². The molecule has 0 bridgehead atoms. The second-order valence-corrected chi connectivity index (χ2v) is 4.21. The van der Waals surface area contributed by atoms with Gasteiger partial charge in [-0.1, -0.05) is 0 Å². The van der Waals surface area contributed by atoms with E-state index in [1.165, 1.54) is 0 Å². The van der Waals surface area contributed by atoms with Crippen LogP contribution >= 0.6 is 0 Å². The summed E-state index contributed by atoms with van der Waals surface area (Å²) in [5.74, 6) is 0. The number of amides is 3. The fourth-order valence-corrected chi connectivity index (χ4v) is 0.878. The van der Waals surface area contributed by atoms with Crippen molar-refractivity contribution in [2.24, 2.45) is 0 Å². The first kappa shape index (κ1) is 14.5. The molecule has 0 heterocycles. The third-order valence-corrected chi connectivity index (χ3v) is 1.42. The molecule has 0 aliphatic rings. The molecule has 0 aromatic heterocycles. The van der Waals surface area contributed by atoms with E-state index in [1.807, 2.05) is 6.92 Å². The highest BCUT2D eigenvalue weighted by Crippen LogP contribution is 2.05. The third kappa shape index (κ3) is 9.11. The van der Waals surface area contributed by atoms with Crippen LogP contribution in [0.1, 0.15) is 27.7 Å². The van der Waals surface area contributed by atoms with Crippen molar-refractivity contribution >= 4 is 12.1 Å². The van der Waals surface area contributed by atoms with Crippen molar-refractivity contribution in [3.8, 4) is 0 Å². The fourth-order valence-electron chi connectivity index (χ4n) is 0.878. The van der Waals surface area contributed by atoms with Crippen LogP contribution in [0.25, 0.3) is 0 Å². The van der Waals surface area contributed by atoms with E-state index >= 15 is 0 Å². The molecule has 0 radical (unpaired) electrons. The maximum absolute atomic E-state index is 11.2. The van der Waals surface area contributed by atoms with Crippen LogP contribution in [0.4, 0.5) is 9.59 Å². The summed E-state index contributed by atoms with van der Waals surface area (Å²) in [7, 11) is 0. The second kappa shape index (κ2) is 6.92. The minimum atomic E-state index is -0.503. The monoisotopic (exact) mass is 231 g/mol. The van der Waals surface area contributed by atoms with Gasteiger partial charge in [-0.05, 0) is 27.7 Å². The van der Waals surface area contributed by atoms with Crippen molar-refractivity contribution in [2.45, 2.75) is 33.3 Å². The summed E-state index contributed by atoms with van der Waals surface area (Å²) in [6.07, 6.45) is -0.481. The highest BCUT2D eigenvalue weighted by atomic mass is 16.6. The molecule has 6 heteroatoms. The second-order valence-electron chi connectivity index (χ2n) is 4.21. The standard InChI is InChI=1S/C10H21N3O3/c1-5-11-8(14)12-6-7-13-9(15)16-10(2,3)4/h5-7H2,1-4H3,(H,13,15)(H2,11,12,14). The molecule has 3 amide bonds. The molecule has 0 fully saturated rings. The first-order valence-corrected chi connectivity index (χ1v) is 5.33. The Bertz CT molecular complexity index is 236. The van der Waals surface area contributed by atoms with Crippen LogP contribution in [0, 0.1) is 0 Å². The highest BCUT2D eigenvalue weighted by Gasteiger charge is 2.15. The molecule has 0 aromatic carbocycles. The van der Waals surface area contributed by atoms with Gasteiger partial charge in [0.15, 0.2) is 0 Å². The van der Waals surface area contributed by atoms with Crippen molar-refractivity contribution in [2.75, 3.05) is 19.6 Å². The summed E-state index contributed by atoms with van der Waals surface area (Å²) in [5.41, 5.74) is -0.503. The van der Waals surface area contributed by atoms with Crippen LogP contribution in [0.2, 0.25) is 0 Å². The van der Waals surface area contributed by atoms with E-state index < -0.39 is 11.7 Å². The number of ether oxygens (including phenoxy) is 1. The molecule has 0 spiro atoms. The first-order chi connectivity index (χ1) is 7.35. The van der Waals surface area contributed by atoms with E-state index in [-0.39, 0.29) is 6.03 Å². The van der Waals surface area contributed by atoms with Gasteiger partial charge in [0.25, 0.3) is 0 Å². The predicted octanol–water partition coefficient (Wildman–Crippen LogP) is 0.830. The maximum Gasteiger partial charge on any atom is 0.407 e. The SMILES string of the molecule is CCNC(=O)NCCNC(=O)OC(C)(C)C. The predicted molar refractivity (Wildman–Crippen MR) is 61.3 cm³/mol. The molecule has 6 nitrogen and oxygen atoms in total. The van der Waals surface area contributed by atoms with Gasteiger partial charge in [-0.3, -0.25) is 0 Å². The van der Waals surface area contributed by atoms with Crippen LogP contribution in [-0.2, 0) is 4.74 Å². The van der Waals surface area contributed by atoms with Crippen molar-refractivity contribution in [1.82, 2.24) is 16.0 Å². The first-order valence-electron chi connectivity index (χ1n) is 5.33. The molecular weight excluding hydrogens is 210 g/mol. The summed E-state index contributed by atoms with van der Waals surface area (Å²) in [6.45, 7) is 8.49. The Hall–Kier alpha value is -1.46. The Morgan fingerprint density at radius 1 is 1.06 bits per heavy atom. The van der Waals surface area contributed by atoms with Crippen LogP contribution < -0.4 is 16.0 Å². The van der Waals surface area contributed by atoms with E-state index in [0.29, 0.717) is 19.6 Å². The Morgan fingerprint density at radius 2 is 1.62 bits per heavy atom. The van der Waals surface area contributed by atoms with Gasteiger partial charge in [0, 0.05) is 19.6 Å². The van der Waals surface area contributed by atoms with Crippen molar-refractivity contribution in [1.29, 1.82) is 0 Å². The van der Waals surface area contributed by atoms with E-state index in [1.54, 1.807) is 20.8 Å². The lowest BCUT2D eigenvalue weighted by molar-refractivity contribution is 0.0528. The number of alkyl carbamates (subject to hydrolysis) is 1. The van der Waals surface area contributed by atoms with Gasteiger partial charge in [-0.15, -0.1) is 0 Å². The van der Waals surface area contributed by atoms with Crippen LogP contribution in [-0.4, -0.2) is 37.4 Å². The zero-order chi connectivity index (χ0) is 12.6. The van der Waals surface area contributed by atoms with E-state index in [4.69, 9.17) is 4.74 Å². The molecule has 0 unspecified atom stereocenters. The molecule has 0 rings (SSSR count). The van der Waals surface area contributed by atoms with Gasteiger partial charge in [0.2, 0.25) is 0 Å². The van der Waals surface area contributed by atoms with Crippen molar-refractivity contribution in [3.05, 3.63) is 0 Å². The molecule has 3 N–H and O–H groups in total. The summed E-state index contributed by atoms with van der Waals surface area (Å²) in [6, 6.07) is -0.242. The number of hydrogen-bond donors (Lipinski definition) is 3. The van der Waals surface area contributed by atoms with Crippen molar-refractivity contribution < 1.29 is 14.3 Å². The van der Waals surface area contributed by atoms with E-state index in [9.17, 15) is 9.59 Å². The Balaban J connectivity index is 3.52. The van der Waals surface area contributed by atoms with E-state index in [0.717, 1.165) is 0 Å². The van der Waals surface area contributed by atoms with Gasteiger partial charge >= 0.3 is 12.1 Å². The topological polar surface area (TPSA) is 79.5 Å². The van der Waals surface area contributed by atoms with E-state index in [2.05, 4.69) is 16.0 Å². The summed E-state index contributed by atoms with van der Waals surface area (Å²) in [5, 5.41) is 7.69. The number of nitrogens with one attached hydrogen (secondary N) is 3. The molecule has 16 heavy (non-hydrogen) atoms. The van der Waals surface area contributed by atoms with Gasteiger partial charge in [0.1, 0.15) is 5.60 Å². The van der Waals surface area contributed by atoms with Crippen LogP contribution in [0.3, 0.4) is 0 Å². The minimum absolute atomic E-state index is 0.242. The lowest BCUT2D eigenvalue weighted by atomic mass is 10.2. The summed E-state index contributed by atoms with van der Waals surface area (Å²) in [4.78, 5) is 22.1. The molecule has 94 valence electrons. The quantitative estimate of drug-likeness (QED) is 0.627. The molecule has 0 saturated carbocycles. The number of hydrogen-bond acceptors (Lipinski definition) is 3. The minimum Gasteiger partial charge on any atom is -0.444 e. The van der Waals surface area contributed by atoms with Gasteiger partial charge < -0.3 is 20.7 Å². The Kier molecular flexibility index (Phi) is 6.29. The largest absolute Gasteiger partial charge is 0.444 e. The van der Waals surface area contributed by atoms with Crippen LogP contribution in [0.5, 0.6) is 0 Å². The zero-order valence-corrected chi connectivity index (χ0v) is 10.3. The number of urea groups is 1. The third-order valence-electron chi connectivity index (χ3n) is 1.42. The Morgan fingerprint density at radius 3 is 2.12 bits per heavy atom. The summed E-state index contributed by atoms with van der Waals surface area (Å²) < 4.78 is 5.01. The molecule has 0 saturated heterocycles. The average molecular weight is 231 g/mol. The average Bonchev–Trinajstić information content (AvgIpc) is 2.10. The molecular formula is C10H21N3O3. The number of carbonyl (C=O) groups is 2. The lowest BCUT2D eigenvalue weighted by Crippen LogP contribution is -2.41. The van der Waals surface area contributed by atoms with Gasteiger partial charge in [-0.2, -0.15) is 0 Å². The summed E-state index contributed by atoms with van der Waals surface area (Å²) >= 11 is 0. The molecule has 0 atom stereocenters. The molecule has 0 aromatic rings. The van der Waals surface area contributed by atoms with Crippen LogP contribution in [0.15, 0.2) is 0 Å². The van der Waals surface area contributed by atoms with Gasteiger partial charge in [0.05, 0.1) is 0 Å². The fraction of sp³-hybridized carbons (Fsp3) is 0.800. The lowest BCUT2D eigenvalue weighted by Gasteiger charge is -2.19. The normalized spacial score (nSPS) is 10.5. The smallest absolute Gasteiger partial charge is 0.407 e. The maximum atomic E-state index is 11.2. The molecule has 0 aliphatic heterocycles. The highest BCUT2D eigenvalue weighted by molar-refractivity contribution is 5.73.